The molecule has 0 spiro atoms. The second-order valence-electron chi connectivity index (χ2n) is 12.6. The number of furan rings is 1. The van der Waals surface area contributed by atoms with Crippen molar-refractivity contribution in [2.45, 2.75) is 0 Å². The molecule has 0 fully saturated rings. The number of para-hydroxylation sites is 4. The van der Waals surface area contributed by atoms with E-state index in [0.717, 1.165) is 50.2 Å². The summed E-state index contributed by atoms with van der Waals surface area (Å²) in [6, 6.07) is 65.0. The molecule has 0 aliphatic rings. The molecule has 0 aliphatic carbocycles. The molecular formula is C46H30N2O. The molecule has 2 heterocycles. The zero-order chi connectivity index (χ0) is 32.3. The highest BCUT2D eigenvalue weighted by molar-refractivity contribution is 6.19. The topological polar surface area (TPSA) is 21.3 Å². The van der Waals surface area contributed by atoms with Gasteiger partial charge in [0.2, 0.25) is 0 Å². The van der Waals surface area contributed by atoms with Gasteiger partial charge in [-0.15, -0.1) is 0 Å². The highest BCUT2D eigenvalue weighted by atomic mass is 16.3. The number of hydrogen-bond acceptors (Lipinski definition) is 2. The second kappa shape index (κ2) is 11.0. The zero-order valence-electron chi connectivity index (χ0n) is 26.6. The summed E-state index contributed by atoms with van der Waals surface area (Å²) >= 11 is 0. The maximum absolute atomic E-state index is 6.32. The average Bonchev–Trinajstić information content (AvgIpc) is 3.72. The van der Waals surface area contributed by atoms with Crippen LogP contribution in [0.5, 0.6) is 0 Å². The fraction of sp³-hybridized carbons (Fsp3) is 0. The van der Waals surface area contributed by atoms with Crippen molar-refractivity contribution < 1.29 is 4.42 Å². The smallest absolute Gasteiger partial charge is 0.136 e. The minimum atomic E-state index is 0.899. The molecule has 49 heavy (non-hydrogen) atoms. The number of benzene rings is 8. The zero-order valence-corrected chi connectivity index (χ0v) is 26.6. The molecule has 2 aromatic heterocycles. The fourth-order valence-electron chi connectivity index (χ4n) is 7.58. The van der Waals surface area contributed by atoms with Gasteiger partial charge in [-0.3, -0.25) is 0 Å². The SMILES string of the molecule is c1ccc(-c2ccccc2N(c2ccc3ccc4oc5ccccc5c4c3c2)c2ccc3c4ccccc4n(-c4ccccc4)c3c2)cc1. The quantitative estimate of drug-likeness (QED) is 0.190. The predicted molar refractivity (Wildman–Crippen MR) is 206 cm³/mol. The molecule has 0 atom stereocenters. The number of rotatable bonds is 5. The van der Waals surface area contributed by atoms with Gasteiger partial charge in [0, 0.05) is 44.2 Å². The van der Waals surface area contributed by atoms with Crippen LogP contribution in [0.4, 0.5) is 17.1 Å². The van der Waals surface area contributed by atoms with Crippen LogP contribution in [0.25, 0.3) is 71.3 Å². The van der Waals surface area contributed by atoms with Crippen LogP contribution >= 0.6 is 0 Å². The Morgan fingerprint density at radius 1 is 0.429 bits per heavy atom. The number of hydrogen-bond donors (Lipinski definition) is 0. The van der Waals surface area contributed by atoms with E-state index in [-0.39, 0.29) is 0 Å². The highest BCUT2D eigenvalue weighted by Gasteiger charge is 2.21. The van der Waals surface area contributed by atoms with E-state index in [9.17, 15) is 0 Å². The Morgan fingerprint density at radius 3 is 1.96 bits per heavy atom. The third-order valence-electron chi connectivity index (χ3n) is 9.76. The van der Waals surface area contributed by atoms with Crippen molar-refractivity contribution in [3.63, 3.8) is 0 Å². The van der Waals surface area contributed by atoms with Crippen molar-refractivity contribution in [3.8, 4) is 16.8 Å². The number of fused-ring (bicyclic) bond motifs is 8. The molecule has 0 aliphatic heterocycles. The minimum absolute atomic E-state index is 0.899. The van der Waals surface area contributed by atoms with Gasteiger partial charge < -0.3 is 13.9 Å². The maximum atomic E-state index is 6.32. The van der Waals surface area contributed by atoms with Crippen LogP contribution in [0, 0.1) is 0 Å². The van der Waals surface area contributed by atoms with Crippen molar-refractivity contribution in [1.82, 2.24) is 4.57 Å². The standard InChI is InChI=1S/C46H30N2O/c1-3-13-31(14-4-1)36-17-7-10-20-41(36)47(34-25-23-32-24-28-45-46(40(32)29-34)39-19-9-12-22-44(39)49-45)35-26-27-38-37-18-8-11-21-42(37)48(43(38)30-35)33-15-5-2-6-16-33/h1-30H. The number of anilines is 3. The van der Waals surface area contributed by atoms with Gasteiger partial charge in [0.25, 0.3) is 0 Å². The summed E-state index contributed by atoms with van der Waals surface area (Å²) in [6.07, 6.45) is 0. The monoisotopic (exact) mass is 626 g/mol. The molecule has 0 amide bonds. The van der Waals surface area contributed by atoms with E-state index < -0.39 is 0 Å². The molecule has 0 bridgehead atoms. The van der Waals surface area contributed by atoms with Gasteiger partial charge in [0.05, 0.1) is 16.7 Å². The molecule has 0 saturated carbocycles. The van der Waals surface area contributed by atoms with Gasteiger partial charge in [-0.2, -0.15) is 0 Å². The molecule has 10 rings (SSSR count). The first kappa shape index (κ1) is 27.5. The Kier molecular flexibility index (Phi) is 6.18. The second-order valence-corrected chi connectivity index (χ2v) is 12.6. The summed E-state index contributed by atoms with van der Waals surface area (Å²) in [5.41, 5.74) is 10.9. The fourth-order valence-corrected chi connectivity index (χ4v) is 7.58. The lowest BCUT2D eigenvalue weighted by Gasteiger charge is -2.28. The first-order valence-corrected chi connectivity index (χ1v) is 16.7. The normalized spacial score (nSPS) is 11.7. The minimum Gasteiger partial charge on any atom is -0.456 e. The molecule has 0 saturated heterocycles. The van der Waals surface area contributed by atoms with E-state index in [1.165, 1.54) is 38.2 Å². The summed E-state index contributed by atoms with van der Waals surface area (Å²) in [5, 5.41) is 7.09. The van der Waals surface area contributed by atoms with Crippen molar-refractivity contribution in [2.75, 3.05) is 4.90 Å². The van der Waals surface area contributed by atoms with E-state index in [0.29, 0.717) is 0 Å². The maximum Gasteiger partial charge on any atom is 0.136 e. The molecule has 0 radical (unpaired) electrons. The summed E-state index contributed by atoms with van der Waals surface area (Å²) < 4.78 is 8.71. The van der Waals surface area contributed by atoms with Gasteiger partial charge in [-0.25, -0.2) is 0 Å². The predicted octanol–water partition coefficient (Wildman–Crippen LogP) is 13.0. The van der Waals surface area contributed by atoms with Crippen LogP contribution in [0.15, 0.2) is 186 Å². The van der Waals surface area contributed by atoms with Crippen LogP contribution in [0.1, 0.15) is 0 Å². The number of nitrogens with zero attached hydrogens (tertiary/aromatic N) is 2. The van der Waals surface area contributed by atoms with Crippen LogP contribution in [0.3, 0.4) is 0 Å². The van der Waals surface area contributed by atoms with E-state index >= 15 is 0 Å². The summed E-state index contributed by atoms with van der Waals surface area (Å²) in [6.45, 7) is 0. The van der Waals surface area contributed by atoms with Crippen LogP contribution < -0.4 is 4.90 Å². The van der Waals surface area contributed by atoms with Gasteiger partial charge in [0.1, 0.15) is 11.2 Å². The van der Waals surface area contributed by atoms with Gasteiger partial charge in [0.15, 0.2) is 0 Å². The Hall–Kier alpha value is -6.58. The Balaban J connectivity index is 1.28. The lowest BCUT2D eigenvalue weighted by Crippen LogP contribution is -2.11. The molecule has 8 aromatic carbocycles. The molecule has 3 nitrogen and oxygen atoms in total. The van der Waals surface area contributed by atoms with Crippen LogP contribution in [-0.4, -0.2) is 4.57 Å². The lowest BCUT2D eigenvalue weighted by molar-refractivity contribution is 0.669. The molecule has 230 valence electrons. The molecular weight excluding hydrogens is 597 g/mol. The first-order valence-electron chi connectivity index (χ1n) is 16.7. The van der Waals surface area contributed by atoms with E-state index in [4.69, 9.17) is 4.42 Å². The third-order valence-corrected chi connectivity index (χ3v) is 9.76. The van der Waals surface area contributed by atoms with Crippen molar-refractivity contribution in [2.24, 2.45) is 0 Å². The van der Waals surface area contributed by atoms with Crippen molar-refractivity contribution in [3.05, 3.63) is 182 Å². The van der Waals surface area contributed by atoms with Crippen LogP contribution in [-0.2, 0) is 0 Å². The molecule has 10 aromatic rings. The van der Waals surface area contributed by atoms with Crippen molar-refractivity contribution in [1.29, 1.82) is 0 Å². The Labute approximate surface area is 283 Å². The largest absolute Gasteiger partial charge is 0.456 e. The third kappa shape index (κ3) is 4.37. The lowest BCUT2D eigenvalue weighted by atomic mass is 10.00. The van der Waals surface area contributed by atoms with Gasteiger partial charge >= 0.3 is 0 Å². The van der Waals surface area contributed by atoms with Crippen LogP contribution in [0.2, 0.25) is 0 Å². The molecule has 0 unspecified atom stereocenters. The van der Waals surface area contributed by atoms with Crippen molar-refractivity contribution >= 4 is 71.6 Å². The highest BCUT2D eigenvalue weighted by Crippen LogP contribution is 2.45. The van der Waals surface area contributed by atoms with Gasteiger partial charge in [-0.1, -0.05) is 121 Å². The summed E-state index contributed by atoms with van der Waals surface area (Å²) in [4.78, 5) is 2.41. The molecule has 0 N–H and O–H groups in total. The van der Waals surface area contributed by atoms with E-state index in [2.05, 4.69) is 185 Å². The summed E-state index contributed by atoms with van der Waals surface area (Å²) in [7, 11) is 0. The molecule has 3 heteroatoms. The van der Waals surface area contributed by atoms with E-state index in [1.54, 1.807) is 0 Å². The number of aromatic nitrogens is 1. The summed E-state index contributed by atoms with van der Waals surface area (Å²) in [5.74, 6) is 0. The first-order chi connectivity index (χ1) is 24.3. The average molecular weight is 627 g/mol. The van der Waals surface area contributed by atoms with Gasteiger partial charge in [-0.05, 0) is 77.0 Å². The Bertz CT molecular complexity index is 2830. The Morgan fingerprint density at radius 2 is 1.08 bits per heavy atom. The van der Waals surface area contributed by atoms with E-state index in [1.807, 2.05) is 6.07 Å².